The molecule has 6 nitrogen and oxygen atoms in total. The van der Waals surface area contributed by atoms with E-state index in [1.807, 2.05) is 0 Å². The van der Waals surface area contributed by atoms with Crippen molar-refractivity contribution in [1.29, 1.82) is 0 Å². The predicted molar refractivity (Wildman–Crippen MR) is 306 cm³/mol. The molecule has 0 aromatic carbocycles. The van der Waals surface area contributed by atoms with Crippen LogP contribution in [0.5, 0.6) is 0 Å². The second-order valence-electron chi connectivity index (χ2n) is 22.1. The molecule has 0 spiro atoms. The number of allylic oxidation sites excluding steroid dienone is 2. The highest BCUT2D eigenvalue weighted by Crippen LogP contribution is 2.18. The molecule has 0 rings (SSSR count). The number of amides is 1. The number of aliphatic hydroxyl groups excluding tert-OH is 2. The van der Waals surface area contributed by atoms with Gasteiger partial charge in [-0.1, -0.05) is 309 Å². The Morgan fingerprint density at radius 3 is 1.01 bits per heavy atom. The van der Waals surface area contributed by atoms with E-state index in [0.717, 1.165) is 38.5 Å². The van der Waals surface area contributed by atoms with E-state index in [1.165, 1.54) is 289 Å². The van der Waals surface area contributed by atoms with E-state index in [-0.39, 0.29) is 18.5 Å². The van der Waals surface area contributed by atoms with Crippen LogP contribution in [0.3, 0.4) is 0 Å². The number of ether oxygens (including phenoxy) is 1. The SMILES string of the molecule is CCCCCCCCCCCCCCCCCCC(=O)OCCCCCCCCCCCC/C=C\CCCCCCCCCC(=O)NC(CO)C(O)CCCCCCCCCCCCCCCCCC. The molecule has 1 amide bonds. The van der Waals surface area contributed by atoms with Crippen LogP contribution >= 0.6 is 0 Å². The van der Waals surface area contributed by atoms with Gasteiger partial charge >= 0.3 is 5.97 Å². The lowest BCUT2D eigenvalue weighted by Crippen LogP contribution is -2.45. The van der Waals surface area contributed by atoms with Gasteiger partial charge in [-0.15, -0.1) is 0 Å². The molecular weight excluding hydrogens is 863 g/mol. The molecule has 0 fully saturated rings. The summed E-state index contributed by atoms with van der Waals surface area (Å²) in [7, 11) is 0. The maximum Gasteiger partial charge on any atom is 0.305 e. The molecule has 0 aliphatic heterocycles. The van der Waals surface area contributed by atoms with Crippen molar-refractivity contribution in [1.82, 2.24) is 5.32 Å². The summed E-state index contributed by atoms with van der Waals surface area (Å²) >= 11 is 0. The number of carbonyl (C=O) groups excluding carboxylic acids is 2. The molecule has 0 aromatic heterocycles. The zero-order chi connectivity index (χ0) is 50.7. The van der Waals surface area contributed by atoms with Gasteiger partial charge in [-0.2, -0.15) is 0 Å². The highest BCUT2D eigenvalue weighted by molar-refractivity contribution is 5.76. The quantitative estimate of drug-likeness (QED) is 0.0321. The summed E-state index contributed by atoms with van der Waals surface area (Å²) in [6, 6.07) is -0.546. The third-order valence-corrected chi connectivity index (χ3v) is 15.1. The molecule has 0 aliphatic carbocycles. The van der Waals surface area contributed by atoms with Crippen LogP contribution in [0.4, 0.5) is 0 Å². The Balaban J connectivity index is 3.40. The van der Waals surface area contributed by atoms with Crippen LogP contribution in [0.15, 0.2) is 12.2 Å². The number of esters is 1. The summed E-state index contributed by atoms with van der Waals surface area (Å²) in [6.45, 7) is 4.98. The van der Waals surface area contributed by atoms with Gasteiger partial charge in [0.05, 0.1) is 25.4 Å². The molecule has 0 saturated heterocycles. The molecule has 70 heavy (non-hydrogen) atoms. The third-order valence-electron chi connectivity index (χ3n) is 15.1. The van der Waals surface area contributed by atoms with Gasteiger partial charge in [0.2, 0.25) is 5.91 Å². The minimum atomic E-state index is -0.668. The van der Waals surface area contributed by atoms with Crippen molar-refractivity contribution >= 4 is 11.9 Å². The summed E-state index contributed by atoms with van der Waals surface area (Å²) in [5.41, 5.74) is 0. The van der Waals surface area contributed by atoms with E-state index in [9.17, 15) is 19.8 Å². The Hall–Kier alpha value is -1.40. The predicted octanol–water partition coefficient (Wildman–Crippen LogP) is 20.0. The van der Waals surface area contributed by atoms with Gasteiger partial charge in [0.1, 0.15) is 0 Å². The van der Waals surface area contributed by atoms with Crippen molar-refractivity contribution in [3.05, 3.63) is 12.2 Å². The van der Waals surface area contributed by atoms with Crippen molar-refractivity contribution in [2.24, 2.45) is 0 Å². The summed E-state index contributed by atoms with van der Waals surface area (Å²) < 4.78 is 5.49. The van der Waals surface area contributed by atoms with Gasteiger partial charge in [-0.05, 0) is 51.4 Å². The maximum atomic E-state index is 12.5. The molecule has 3 N–H and O–H groups in total. The van der Waals surface area contributed by atoms with Gasteiger partial charge < -0.3 is 20.3 Å². The van der Waals surface area contributed by atoms with E-state index >= 15 is 0 Å². The zero-order valence-corrected chi connectivity index (χ0v) is 47.5. The normalized spacial score (nSPS) is 12.6. The summed E-state index contributed by atoms with van der Waals surface area (Å²) in [6.07, 6.45) is 72.2. The first-order valence-electron chi connectivity index (χ1n) is 31.9. The first-order valence-corrected chi connectivity index (χ1v) is 31.9. The minimum Gasteiger partial charge on any atom is -0.466 e. The number of nitrogens with one attached hydrogen (secondary N) is 1. The molecule has 0 bridgehead atoms. The van der Waals surface area contributed by atoms with Crippen LogP contribution in [-0.4, -0.2) is 47.4 Å². The van der Waals surface area contributed by atoms with Crippen molar-refractivity contribution in [2.45, 2.75) is 373 Å². The van der Waals surface area contributed by atoms with Gasteiger partial charge in [0, 0.05) is 12.8 Å². The maximum absolute atomic E-state index is 12.5. The Kier molecular flexibility index (Phi) is 59.0. The highest BCUT2D eigenvalue weighted by atomic mass is 16.5. The van der Waals surface area contributed by atoms with Gasteiger partial charge in [-0.25, -0.2) is 0 Å². The van der Waals surface area contributed by atoms with E-state index in [1.54, 1.807) is 0 Å². The van der Waals surface area contributed by atoms with Gasteiger partial charge in [0.25, 0.3) is 0 Å². The molecule has 0 radical (unpaired) electrons. The Labute approximate surface area is 438 Å². The number of unbranched alkanes of at least 4 members (excludes halogenated alkanes) is 47. The molecular formula is C64H125NO5. The molecule has 416 valence electrons. The van der Waals surface area contributed by atoms with Crippen LogP contribution in [0.2, 0.25) is 0 Å². The fraction of sp³-hybridized carbons (Fsp3) is 0.938. The van der Waals surface area contributed by atoms with Gasteiger partial charge in [0.15, 0.2) is 0 Å². The van der Waals surface area contributed by atoms with Crippen molar-refractivity contribution < 1.29 is 24.5 Å². The standard InChI is InChI=1S/C64H125NO5/c1-3-5-7-9-11-13-15-17-19-28-32-36-40-44-48-52-56-62(67)61(60-66)65-63(68)57-53-49-45-41-37-33-29-26-24-22-21-23-25-27-31-35-39-43-47-51-55-59-70-64(69)58-54-50-46-42-38-34-30-20-18-16-14-12-10-8-6-4-2/h22,24,61-62,66-67H,3-21,23,25-60H2,1-2H3,(H,65,68)/b24-22-. The molecule has 0 heterocycles. The van der Waals surface area contributed by atoms with Crippen molar-refractivity contribution in [2.75, 3.05) is 13.2 Å². The topological polar surface area (TPSA) is 95.9 Å². The third kappa shape index (κ3) is 55.9. The highest BCUT2D eigenvalue weighted by Gasteiger charge is 2.20. The monoisotopic (exact) mass is 988 g/mol. The van der Waals surface area contributed by atoms with Crippen LogP contribution in [0.1, 0.15) is 361 Å². The average Bonchev–Trinajstić information content (AvgIpc) is 3.36. The number of aliphatic hydroxyl groups is 2. The molecule has 6 heteroatoms. The Morgan fingerprint density at radius 1 is 0.386 bits per heavy atom. The molecule has 2 unspecified atom stereocenters. The Morgan fingerprint density at radius 2 is 0.671 bits per heavy atom. The molecule has 0 saturated carbocycles. The fourth-order valence-electron chi connectivity index (χ4n) is 10.2. The number of hydrogen-bond acceptors (Lipinski definition) is 5. The van der Waals surface area contributed by atoms with Crippen LogP contribution in [0.25, 0.3) is 0 Å². The van der Waals surface area contributed by atoms with Crippen molar-refractivity contribution in [3.63, 3.8) is 0 Å². The van der Waals surface area contributed by atoms with Crippen LogP contribution in [-0.2, 0) is 14.3 Å². The lowest BCUT2D eigenvalue weighted by Gasteiger charge is -2.22. The second-order valence-corrected chi connectivity index (χ2v) is 22.1. The average molecular weight is 989 g/mol. The lowest BCUT2D eigenvalue weighted by molar-refractivity contribution is -0.143. The van der Waals surface area contributed by atoms with Crippen LogP contribution in [0, 0.1) is 0 Å². The fourth-order valence-corrected chi connectivity index (χ4v) is 10.2. The minimum absolute atomic E-state index is 0.0125. The number of carbonyl (C=O) groups is 2. The largest absolute Gasteiger partial charge is 0.466 e. The zero-order valence-electron chi connectivity index (χ0n) is 47.5. The lowest BCUT2D eigenvalue weighted by atomic mass is 10.0. The van der Waals surface area contributed by atoms with E-state index in [0.29, 0.717) is 25.9 Å². The first kappa shape index (κ1) is 68.6. The molecule has 2 atom stereocenters. The van der Waals surface area contributed by atoms with Gasteiger partial charge in [-0.3, -0.25) is 9.59 Å². The summed E-state index contributed by atoms with van der Waals surface area (Å²) in [5, 5.41) is 23.3. The van der Waals surface area contributed by atoms with E-state index in [2.05, 4.69) is 31.3 Å². The summed E-state index contributed by atoms with van der Waals surface area (Å²) in [5.74, 6) is -0.0273. The molecule has 0 aliphatic rings. The first-order chi connectivity index (χ1) is 34.5. The second kappa shape index (κ2) is 60.2. The molecule has 0 aromatic rings. The van der Waals surface area contributed by atoms with E-state index in [4.69, 9.17) is 4.74 Å². The number of hydrogen-bond donors (Lipinski definition) is 3. The van der Waals surface area contributed by atoms with E-state index < -0.39 is 12.1 Å². The van der Waals surface area contributed by atoms with Crippen molar-refractivity contribution in [3.8, 4) is 0 Å². The number of rotatable bonds is 60. The Bertz CT molecular complexity index is 1050. The summed E-state index contributed by atoms with van der Waals surface area (Å²) in [4.78, 5) is 24.6. The van der Waals surface area contributed by atoms with Crippen LogP contribution < -0.4 is 5.32 Å². The smallest absolute Gasteiger partial charge is 0.305 e.